The van der Waals surface area contributed by atoms with Gasteiger partial charge in [0.1, 0.15) is 17.9 Å². The van der Waals surface area contributed by atoms with E-state index in [9.17, 15) is 9.59 Å². The van der Waals surface area contributed by atoms with E-state index in [-0.39, 0.29) is 0 Å². The number of aldehydes is 1. The molecule has 114 valence electrons. The molecular formula is C15H25NO4. The molecule has 5 nitrogen and oxygen atoms in total. The monoisotopic (exact) mass is 283 g/mol. The second-order valence-corrected chi connectivity index (χ2v) is 6.10. The largest absolute Gasteiger partial charge is 0.444 e. The zero-order valence-corrected chi connectivity index (χ0v) is 13.0. The Balaban J connectivity index is 0.000000612. The highest BCUT2D eigenvalue weighted by molar-refractivity contribution is 5.78. The molecule has 0 bridgehead atoms. The average molecular weight is 283 g/mol. The molecule has 1 saturated carbocycles. The summed E-state index contributed by atoms with van der Waals surface area (Å²) in [6, 6.07) is -0.405. The summed E-state index contributed by atoms with van der Waals surface area (Å²) < 4.78 is 9.55. The van der Waals surface area contributed by atoms with Crippen molar-refractivity contribution in [1.29, 1.82) is 0 Å². The van der Waals surface area contributed by atoms with Crippen molar-refractivity contribution in [3.8, 4) is 0 Å². The molecule has 0 saturated heterocycles. The Hall–Kier alpha value is -1.36. The van der Waals surface area contributed by atoms with Gasteiger partial charge in [-0.2, -0.15) is 0 Å². The number of carbonyl (C=O) groups excluding carboxylic acids is 2. The molecule has 0 aromatic heterocycles. The van der Waals surface area contributed by atoms with Gasteiger partial charge in [0.2, 0.25) is 0 Å². The standard InChI is InChI=1S/C13H19NO3.C2H6O/c1-13(2,3)17-12(16)14-7-6-10(9-4-5-9)11(14)8-15;1-3-2/h6,8-9,11H,4-5,7H2,1-3H3;1-2H3. The van der Waals surface area contributed by atoms with Crippen LogP contribution in [0.3, 0.4) is 0 Å². The molecule has 1 fully saturated rings. The summed E-state index contributed by atoms with van der Waals surface area (Å²) in [7, 11) is 3.25. The summed E-state index contributed by atoms with van der Waals surface area (Å²) in [6.45, 7) is 5.97. The number of carbonyl (C=O) groups is 2. The molecule has 0 N–H and O–H groups in total. The van der Waals surface area contributed by atoms with Crippen molar-refractivity contribution in [2.24, 2.45) is 5.92 Å². The van der Waals surface area contributed by atoms with Gasteiger partial charge in [0, 0.05) is 20.8 Å². The number of nitrogens with zero attached hydrogens (tertiary/aromatic N) is 1. The summed E-state index contributed by atoms with van der Waals surface area (Å²) in [5, 5.41) is 0. The van der Waals surface area contributed by atoms with Gasteiger partial charge in [0.15, 0.2) is 0 Å². The van der Waals surface area contributed by atoms with E-state index in [1.807, 2.05) is 26.8 Å². The molecule has 1 amide bonds. The second kappa shape index (κ2) is 6.88. The van der Waals surface area contributed by atoms with Crippen LogP contribution in [0.1, 0.15) is 33.6 Å². The number of hydrogen-bond acceptors (Lipinski definition) is 4. The minimum atomic E-state index is -0.521. The summed E-state index contributed by atoms with van der Waals surface area (Å²) in [6.07, 6.45) is 4.72. The number of amides is 1. The van der Waals surface area contributed by atoms with Gasteiger partial charge in [-0.15, -0.1) is 0 Å². The average Bonchev–Trinajstić information content (AvgIpc) is 3.07. The van der Waals surface area contributed by atoms with Crippen molar-refractivity contribution < 1.29 is 19.1 Å². The molecule has 2 aliphatic rings. The van der Waals surface area contributed by atoms with Crippen molar-refractivity contribution in [1.82, 2.24) is 4.90 Å². The summed E-state index contributed by atoms with van der Waals surface area (Å²) >= 11 is 0. The smallest absolute Gasteiger partial charge is 0.411 e. The van der Waals surface area contributed by atoms with Crippen LogP contribution < -0.4 is 0 Å². The third-order valence-electron chi connectivity index (χ3n) is 3.01. The van der Waals surface area contributed by atoms with Crippen LogP contribution in [0.2, 0.25) is 0 Å². The summed E-state index contributed by atoms with van der Waals surface area (Å²) in [5.41, 5.74) is 0.582. The van der Waals surface area contributed by atoms with E-state index in [0.29, 0.717) is 12.5 Å². The zero-order chi connectivity index (χ0) is 15.3. The first kappa shape index (κ1) is 16.7. The maximum Gasteiger partial charge on any atom is 0.411 e. The first-order valence-corrected chi connectivity index (χ1v) is 6.89. The Morgan fingerprint density at radius 1 is 1.35 bits per heavy atom. The summed E-state index contributed by atoms with van der Waals surface area (Å²) in [4.78, 5) is 24.6. The first-order valence-electron chi connectivity index (χ1n) is 6.89. The SMILES string of the molecule is CC(C)(C)OC(=O)N1CC=C(C2CC2)C1C=O.COC. The Morgan fingerprint density at radius 3 is 2.30 bits per heavy atom. The fraction of sp³-hybridized carbons (Fsp3) is 0.733. The van der Waals surface area contributed by atoms with Crippen LogP contribution in [-0.2, 0) is 14.3 Å². The minimum absolute atomic E-state index is 0.401. The zero-order valence-electron chi connectivity index (χ0n) is 13.0. The van der Waals surface area contributed by atoms with E-state index in [1.54, 1.807) is 14.2 Å². The molecule has 1 aliphatic carbocycles. The van der Waals surface area contributed by atoms with Crippen LogP contribution >= 0.6 is 0 Å². The molecule has 20 heavy (non-hydrogen) atoms. The van der Waals surface area contributed by atoms with Crippen molar-refractivity contribution in [2.75, 3.05) is 20.8 Å². The number of rotatable bonds is 2. The molecule has 1 unspecified atom stereocenters. The molecule has 0 spiro atoms. The number of methoxy groups -OCH3 is 1. The topological polar surface area (TPSA) is 55.8 Å². The van der Waals surface area contributed by atoms with Gasteiger partial charge in [-0.25, -0.2) is 4.79 Å². The third-order valence-corrected chi connectivity index (χ3v) is 3.01. The Labute approximate surface area is 120 Å². The lowest BCUT2D eigenvalue weighted by atomic mass is 10.1. The normalized spacial score (nSPS) is 21.8. The number of hydrogen-bond donors (Lipinski definition) is 0. The molecule has 1 atom stereocenters. The summed E-state index contributed by atoms with van der Waals surface area (Å²) in [5.74, 6) is 0.512. The van der Waals surface area contributed by atoms with Crippen molar-refractivity contribution in [3.63, 3.8) is 0 Å². The van der Waals surface area contributed by atoms with Gasteiger partial charge in [-0.05, 0) is 45.1 Å². The second-order valence-electron chi connectivity index (χ2n) is 6.10. The van der Waals surface area contributed by atoms with Gasteiger partial charge in [-0.1, -0.05) is 6.08 Å². The van der Waals surface area contributed by atoms with Crippen LogP contribution in [0, 0.1) is 5.92 Å². The van der Waals surface area contributed by atoms with E-state index in [2.05, 4.69) is 4.74 Å². The van der Waals surface area contributed by atoms with Crippen LogP contribution in [0.4, 0.5) is 4.79 Å². The maximum atomic E-state index is 11.9. The Kier molecular flexibility index (Phi) is 5.74. The van der Waals surface area contributed by atoms with Crippen molar-refractivity contribution >= 4 is 12.4 Å². The first-order chi connectivity index (χ1) is 9.34. The van der Waals surface area contributed by atoms with Crippen molar-refractivity contribution in [2.45, 2.75) is 45.3 Å². The predicted molar refractivity (Wildman–Crippen MR) is 76.5 cm³/mol. The van der Waals surface area contributed by atoms with Gasteiger partial charge >= 0.3 is 6.09 Å². The molecule has 2 rings (SSSR count). The van der Waals surface area contributed by atoms with E-state index >= 15 is 0 Å². The van der Waals surface area contributed by atoms with Gasteiger partial charge in [0.05, 0.1) is 0 Å². The fourth-order valence-corrected chi connectivity index (χ4v) is 2.10. The van der Waals surface area contributed by atoms with Crippen LogP contribution in [0.25, 0.3) is 0 Å². The highest BCUT2D eigenvalue weighted by atomic mass is 16.6. The van der Waals surface area contributed by atoms with Crippen LogP contribution in [-0.4, -0.2) is 49.7 Å². The highest BCUT2D eigenvalue weighted by Gasteiger charge is 2.40. The van der Waals surface area contributed by atoms with Crippen molar-refractivity contribution in [3.05, 3.63) is 11.6 Å². The molecule has 1 heterocycles. The lowest BCUT2D eigenvalue weighted by Crippen LogP contribution is -2.42. The molecule has 0 aromatic rings. The van der Waals surface area contributed by atoms with E-state index in [1.165, 1.54) is 4.90 Å². The maximum absolute atomic E-state index is 11.9. The van der Waals surface area contributed by atoms with Gasteiger partial charge in [-0.3, -0.25) is 4.90 Å². The fourth-order valence-electron chi connectivity index (χ4n) is 2.10. The number of ether oxygens (including phenoxy) is 2. The quantitative estimate of drug-likeness (QED) is 0.577. The van der Waals surface area contributed by atoms with E-state index < -0.39 is 17.7 Å². The molecule has 0 aromatic carbocycles. The van der Waals surface area contributed by atoms with Crippen LogP contribution in [0.5, 0.6) is 0 Å². The van der Waals surface area contributed by atoms with Crippen LogP contribution in [0.15, 0.2) is 11.6 Å². The predicted octanol–water partition coefficient (Wildman–Crippen LogP) is 2.40. The Morgan fingerprint density at radius 2 is 1.90 bits per heavy atom. The molecule has 1 aliphatic heterocycles. The lowest BCUT2D eigenvalue weighted by Gasteiger charge is -2.27. The van der Waals surface area contributed by atoms with E-state index in [0.717, 1.165) is 24.7 Å². The van der Waals surface area contributed by atoms with E-state index in [4.69, 9.17) is 4.74 Å². The third kappa shape index (κ3) is 4.63. The molecule has 0 radical (unpaired) electrons. The molecular weight excluding hydrogens is 258 g/mol. The highest BCUT2D eigenvalue weighted by Crippen LogP contribution is 2.41. The van der Waals surface area contributed by atoms with Gasteiger partial charge in [0.25, 0.3) is 0 Å². The lowest BCUT2D eigenvalue weighted by molar-refractivity contribution is -0.111. The minimum Gasteiger partial charge on any atom is -0.444 e. The Bertz CT molecular complexity index is 380. The molecule has 5 heteroatoms. The van der Waals surface area contributed by atoms with Gasteiger partial charge < -0.3 is 14.3 Å².